The summed E-state index contributed by atoms with van der Waals surface area (Å²) >= 11 is 0. The van der Waals surface area contributed by atoms with Crippen LogP contribution >= 0.6 is 0 Å². The largest absolute Gasteiger partial charge is 0.393 e. The molecule has 0 bridgehead atoms. The lowest BCUT2D eigenvalue weighted by Gasteiger charge is -2.27. The molecule has 4 heteroatoms. The Bertz CT molecular complexity index is 261. The highest BCUT2D eigenvalue weighted by Crippen LogP contribution is 2.27. The molecule has 2 rings (SSSR count). The summed E-state index contributed by atoms with van der Waals surface area (Å²) in [5, 5.41) is 9.37. The second kappa shape index (κ2) is 4.31. The predicted octanol–water partition coefficient (Wildman–Crippen LogP) is 0.686. The van der Waals surface area contributed by atoms with E-state index in [9.17, 15) is 14.7 Å². The molecule has 0 aromatic carbocycles. The number of nitrogens with zero attached hydrogens (tertiary/aromatic N) is 1. The number of likely N-dealkylation sites (tertiary alicyclic amines) is 1. The fourth-order valence-electron chi connectivity index (χ4n) is 2.48. The Morgan fingerprint density at radius 2 is 1.87 bits per heavy atom. The van der Waals surface area contributed by atoms with E-state index < -0.39 is 0 Å². The smallest absolute Gasteiger partial charge is 0.229 e. The summed E-state index contributed by atoms with van der Waals surface area (Å²) in [6, 6.07) is 0. The van der Waals surface area contributed by atoms with E-state index in [0.29, 0.717) is 31.7 Å². The number of piperidine rings is 1. The summed E-state index contributed by atoms with van der Waals surface area (Å²) in [5.41, 5.74) is 0. The van der Waals surface area contributed by atoms with E-state index in [1.807, 2.05) is 0 Å². The van der Waals surface area contributed by atoms with E-state index in [-0.39, 0.29) is 17.9 Å². The van der Waals surface area contributed by atoms with E-state index >= 15 is 0 Å². The monoisotopic (exact) mass is 211 g/mol. The fraction of sp³-hybridized carbons (Fsp3) is 0.818. The number of aliphatic hydroxyl groups is 1. The molecule has 0 radical (unpaired) electrons. The molecule has 0 aromatic heterocycles. The van der Waals surface area contributed by atoms with Crippen molar-refractivity contribution >= 4 is 11.8 Å². The number of hydrogen-bond acceptors (Lipinski definition) is 3. The Hall–Kier alpha value is -0.900. The van der Waals surface area contributed by atoms with E-state index in [0.717, 1.165) is 19.3 Å². The van der Waals surface area contributed by atoms with Gasteiger partial charge >= 0.3 is 0 Å². The van der Waals surface area contributed by atoms with Crippen molar-refractivity contribution in [3.05, 3.63) is 0 Å². The number of hydrogen-bond donors (Lipinski definition) is 1. The summed E-state index contributed by atoms with van der Waals surface area (Å²) in [6.45, 7) is 0.523. The van der Waals surface area contributed by atoms with Gasteiger partial charge in [-0.1, -0.05) is 0 Å². The van der Waals surface area contributed by atoms with Crippen LogP contribution in [0.25, 0.3) is 0 Å². The maximum absolute atomic E-state index is 11.5. The highest BCUT2D eigenvalue weighted by molar-refractivity contribution is 5.97. The van der Waals surface area contributed by atoms with Gasteiger partial charge in [0.05, 0.1) is 6.10 Å². The first-order valence-corrected chi connectivity index (χ1v) is 5.68. The summed E-state index contributed by atoms with van der Waals surface area (Å²) in [7, 11) is 0. The molecule has 1 N–H and O–H groups in total. The average molecular weight is 211 g/mol. The van der Waals surface area contributed by atoms with Crippen LogP contribution in [0.4, 0.5) is 0 Å². The van der Waals surface area contributed by atoms with Gasteiger partial charge in [-0.3, -0.25) is 14.5 Å². The molecule has 2 amide bonds. The Balaban J connectivity index is 1.92. The van der Waals surface area contributed by atoms with Crippen LogP contribution in [-0.2, 0) is 9.59 Å². The minimum atomic E-state index is -0.231. The SMILES string of the molecule is O=C1CCCC(=O)N1CC1CCC(O)C1. The first kappa shape index (κ1) is 10.6. The quantitative estimate of drug-likeness (QED) is 0.683. The summed E-state index contributed by atoms with van der Waals surface area (Å²) < 4.78 is 0. The van der Waals surface area contributed by atoms with E-state index in [2.05, 4.69) is 0 Å². The molecule has 1 saturated heterocycles. The minimum Gasteiger partial charge on any atom is -0.393 e. The van der Waals surface area contributed by atoms with Crippen molar-refractivity contribution < 1.29 is 14.7 Å². The lowest BCUT2D eigenvalue weighted by atomic mass is 10.0. The molecule has 15 heavy (non-hydrogen) atoms. The molecule has 1 heterocycles. The van der Waals surface area contributed by atoms with Crippen LogP contribution in [0.5, 0.6) is 0 Å². The van der Waals surface area contributed by atoms with Crippen molar-refractivity contribution in [3.63, 3.8) is 0 Å². The van der Waals surface area contributed by atoms with Crippen LogP contribution in [0.2, 0.25) is 0 Å². The third-order valence-corrected chi connectivity index (χ3v) is 3.34. The number of amides is 2. The van der Waals surface area contributed by atoms with Crippen molar-refractivity contribution in [3.8, 4) is 0 Å². The molecular weight excluding hydrogens is 194 g/mol. The van der Waals surface area contributed by atoms with E-state index in [4.69, 9.17) is 0 Å². The van der Waals surface area contributed by atoms with Crippen LogP contribution in [0, 0.1) is 5.92 Å². The number of rotatable bonds is 2. The van der Waals surface area contributed by atoms with Gasteiger partial charge in [-0.2, -0.15) is 0 Å². The number of carbonyl (C=O) groups is 2. The molecule has 2 aliphatic rings. The molecular formula is C11H17NO3. The van der Waals surface area contributed by atoms with Crippen molar-refractivity contribution in [1.29, 1.82) is 0 Å². The molecule has 2 atom stereocenters. The van der Waals surface area contributed by atoms with Crippen molar-refractivity contribution in [2.45, 2.75) is 44.6 Å². The molecule has 1 saturated carbocycles. The molecule has 2 fully saturated rings. The maximum atomic E-state index is 11.5. The van der Waals surface area contributed by atoms with Gasteiger partial charge in [0, 0.05) is 19.4 Å². The van der Waals surface area contributed by atoms with Gasteiger partial charge in [0.25, 0.3) is 0 Å². The van der Waals surface area contributed by atoms with Crippen LogP contribution < -0.4 is 0 Å². The van der Waals surface area contributed by atoms with Crippen LogP contribution in [0.1, 0.15) is 38.5 Å². The second-order valence-corrected chi connectivity index (χ2v) is 4.58. The average Bonchev–Trinajstić information content (AvgIpc) is 2.58. The normalized spacial score (nSPS) is 32.5. The van der Waals surface area contributed by atoms with E-state index in [1.54, 1.807) is 0 Å². The minimum absolute atomic E-state index is 0.0346. The fourth-order valence-corrected chi connectivity index (χ4v) is 2.48. The molecule has 1 aliphatic carbocycles. The van der Waals surface area contributed by atoms with Gasteiger partial charge in [0.15, 0.2) is 0 Å². The van der Waals surface area contributed by atoms with Crippen molar-refractivity contribution in [2.24, 2.45) is 5.92 Å². The Kier molecular flexibility index (Phi) is 3.05. The molecule has 84 valence electrons. The zero-order valence-corrected chi connectivity index (χ0v) is 8.82. The zero-order chi connectivity index (χ0) is 10.8. The summed E-state index contributed by atoms with van der Waals surface area (Å²) in [6.07, 6.45) is 3.93. The van der Waals surface area contributed by atoms with Gasteiger partial charge in [-0.05, 0) is 31.6 Å². The Labute approximate surface area is 89.3 Å². The van der Waals surface area contributed by atoms with Crippen LogP contribution in [0.3, 0.4) is 0 Å². The van der Waals surface area contributed by atoms with Gasteiger partial charge in [0.1, 0.15) is 0 Å². The van der Waals surface area contributed by atoms with Crippen LogP contribution in [0.15, 0.2) is 0 Å². The van der Waals surface area contributed by atoms with Gasteiger partial charge in [0.2, 0.25) is 11.8 Å². The standard InChI is InChI=1S/C11H17NO3/c13-9-5-4-8(6-9)7-12-10(14)2-1-3-11(12)15/h8-9,13H,1-7H2. The molecule has 0 aromatic rings. The number of imide groups is 1. The number of carbonyl (C=O) groups excluding carboxylic acids is 2. The summed E-state index contributed by atoms with van der Waals surface area (Å²) in [4.78, 5) is 24.4. The maximum Gasteiger partial charge on any atom is 0.229 e. The molecule has 0 spiro atoms. The predicted molar refractivity (Wildman–Crippen MR) is 53.9 cm³/mol. The first-order valence-electron chi connectivity index (χ1n) is 5.68. The highest BCUT2D eigenvalue weighted by atomic mass is 16.3. The number of aliphatic hydroxyl groups excluding tert-OH is 1. The van der Waals surface area contributed by atoms with Crippen molar-refractivity contribution in [2.75, 3.05) is 6.54 Å². The topological polar surface area (TPSA) is 57.6 Å². The third-order valence-electron chi connectivity index (χ3n) is 3.34. The van der Waals surface area contributed by atoms with Crippen LogP contribution in [-0.4, -0.2) is 34.5 Å². The molecule has 1 aliphatic heterocycles. The lowest BCUT2D eigenvalue weighted by Crippen LogP contribution is -2.42. The van der Waals surface area contributed by atoms with Gasteiger partial charge in [-0.25, -0.2) is 0 Å². The molecule has 4 nitrogen and oxygen atoms in total. The lowest BCUT2D eigenvalue weighted by molar-refractivity contribution is -0.148. The molecule has 2 unspecified atom stereocenters. The van der Waals surface area contributed by atoms with Crippen molar-refractivity contribution in [1.82, 2.24) is 4.90 Å². The first-order chi connectivity index (χ1) is 7.16. The highest BCUT2D eigenvalue weighted by Gasteiger charge is 2.31. The Morgan fingerprint density at radius 3 is 2.40 bits per heavy atom. The summed E-state index contributed by atoms with van der Waals surface area (Å²) in [5.74, 6) is 0.242. The zero-order valence-electron chi connectivity index (χ0n) is 8.82. The second-order valence-electron chi connectivity index (χ2n) is 4.58. The third kappa shape index (κ3) is 2.37. The van der Waals surface area contributed by atoms with Gasteiger partial charge in [-0.15, -0.1) is 0 Å². The Morgan fingerprint density at radius 1 is 1.20 bits per heavy atom. The van der Waals surface area contributed by atoms with Gasteiger partial charge < -0.3 is 5.11 Å². The van der Waals surface area contributed by atoms with E-state index in [1.165, 1.54) is 4.90 Å².